The monoisotopic (exact) mass is 228 g/mol. The molecule has 0 spiro atoms. The molecule has 0 bridgehead atoms. The van der Waals surface area contributed by atoms with Crippen LogP contribution in [-0.2, 0) is 9.59 Å². The van der Waals surface area contributed by atoms with Crippen LogP contribution in [0.15, 0.2) is 0 Å². The number of carboxylic acids is 1. The van der Waals surface area contributed by atoms with Crippen LogP contribution < -0.4 is 5.32 Å². The van der Waals surface area contributed by atoms with E-state index in [1.54, 1.807) is 6.92 Å². The fraction of sp³-hybridized carbons (Fsp3) is 0.818. The van der Waals surface area contributed by atoms with Crippen molar-refractivity contribution < 1.29 is 14.7 Å². The predicted octanol–water partition coefficient (Wildman–Crippen LogP) is 0.309. The fourth-order valence-corrected chi connectivity index (χ4v) is 1.74. The normalized spacial score (nSPS) is 18.2. The average molecular weight is 228 g/mol. The minimum atomic E-state index is -0.835. The van der Waals surface area contributed by atoms with Crippen LogP contribution >= 0.6 is 0 Å². The Bertz CT molecular complexity index is 250. The molecule has 1 rings (SSSR count). The van der Waals surface area contributed by atoms with Crippen LogP contribution in [0.3, 0.4) is 0 Å². The molecular formula is C11H20N2O3. The zero-order chi connectivity index (χ0) is 12.0. The van der Waals surface area contributed by atoms with Gasteiger partial charge in [-0.25, -0.2) is 0 Å². The maximum Gasteiger partial charge on any atom is 0.307 e. The van der Waals surface area contributed by atoms with Crippen LogP contribution in [-0.4, -0.2) is 48.1 Å². The average Bonchev–Trinajstić information content (AvgIpc) is 2.29. The second-order valence-corrected chi connectivity index (χ2v) is 4.31. The van der Waals surface area contributed by atoms with Gasteiger partial charge in [0.2, 0.25) is 5.91 Å². The predicted molar refractivity (Wildman–Crippen MR) is 60.1 cm³/mol. The van der Waals surface area contributed by atoms with Gasteiger partial charge in [0.25, 0.3) is 0 Å². The Balaban J connectivity index is 2.16. The third-order valence-corrected chi connectivity index (χ3v) is 2.86. The van der Waals surface area contributed by atoms with Gasteiger partial charge >= 0.3 is 5.97 Å². The highest BCUT2D eigenvalue weighted by Gasteiger charge is 2.16. The van der Waals surface area contributed by atoms with E-state index >= 15 is 0 Å². The smallest absolute Gasteiger partial charge is 0.307 e. The highest BCUT2D eigenvalue weighted by molar-refractivity contribution is 5.78. The molecule has 1 fully saturated rings. The molecule has 0 aromatic heterocycles. The van der Waals surface area contributed by atoms with Crippen molar-refractivity contribution in [2.75, 3.05) is 26.2 Å². The number of nitrogens with zero attached hydrogens (tertiary/aromatic N) is 1. The van der Waals surface area contributed by atoms with Gasteiger partial charge in [-0.2, -0.15) is 0 Å². The lowest BCUT2D eigenvalue weighted by Gasteiger charge is -2.26. The van der Waals surface area contributed by atoms with Crippen molar-refractivity contribution >= 4 is 11.9 Å². The van der Waals surface area contributed by atoms with Crippen molar-refractivity contribution in [3.05, 3.63) is 0 Å². The van der Waals surface area contributed by atoms with Crippen LogP contribution in [0.5, 0.6) is 0 Å². The van der Waals surface area contributed by atoms with E-state index in [0.29, 0.717) is 6.54 Å². The Morgan fingerprint density at radius 3 is 2.50 bits per heavy atom. The number of hydrogen-bond acceptors (Lipinski definition) is 3. The molecule has 0 aromatic rings. The zero-order valence-corrected chi connectivity index (χ0v) is 9.74. The summed E-state index contributed by atoms with van der Waals surface area (Å²) in [6.45, 7) is 3.90. The largest absolute Gasteiger partial charge is 0.481 e. The second kappa shape index (κ2) is 6.48. The van der Waals surface area contributed by atoms with E-state index in [0.717, 1.165) is 25.9 Å². The molecule has 0 aliphatic carbocycles. The highest BCUT2D eigenvalue weighted by atomic mass is 16.4. The fourth-order valence-electron chi connectivity index (χ4n) is 1.74. The van der Waals surface area contributed by atoms with E-state index in [9.17, 15) is 9.59 Å². The van der Waals surface area contributed by atoms with Gasteiger partial charge < -0.3 is 15.3 Å². The summed E-state index contributed by atoms with van der Waals surface area (Å²) in [5, 5.41) is 11.6. The van der Waals surface area contributed by atoms with Gasteiger partial charge in [-0.05, 0) is 19.3 Å². The van der Waals surface area contributed by atoms with Gasteiger partial charge in [0, 0.05) is 19.6 Å². The molecule has 1 aliphatic heterocycles. The van der Waals surface area contributed by atoms with Crippen LogP contribution in [0.2, 0.25) is 0 Å². The first-order chi connectivity index (χ1) is 7.61. The van der Waals surface area contributed by atoms with Crippen molar-refractivity contribution in [1.82, 2.24) is 10.2 Å². The maximum absolute atomic E-state index is 11.7. The number of aliphatic carboxylic acids is 1. The summed E-state index contributed by atoms with van der Waals surface area (Å²) >= 11 is 0. The molecule has 2 N–H and O–H groups in total. The van der Waals surface area contributed by atoms with E-state index in [1.165, 1.54) is 6.42 Å². The molecule has 92 valence electrons. The van der Waals surface area contributed by atoms with E-state index in [2.05, 4.69) is 5.32 Å². The molecule has 1 atom stereocenters. The molecule has 0 radical (unpaired) electrons. The number of amides is 1. The maximum atomic E-state index is 11.7. The Morgan fingerprint density at radius 2 is 1.94 bits per heavy atom. The molecule has 1 aliphatic rings. The number of carboxylic acid groups (broad SMARTS) is 1. The second-order valence-electron chi connectivity index (χ2n) is 4.31. The number of likely N-dealkylation sites (tertiary alicyclic amines) is 1. The summed E-state index contributed by atoms with van der Waals surface area (Å²) in [5.41, 5.74) is 0. The lowest BCUT2D eigenvalue weighted by molar-refractivity contribution is -0.141. The van der Waals surface area contributed by atoms with Crippen molar-refractivity contribution in [1.29, 1.82) is 0 Å². The van der Waals surface area contributed by atoms with Gasteiger partial charge in [-0.15, -0.1) is 0 Å². The SMILES string of the molecule is CC(CNCC(=O)N1CCCCC1)C(=O)O. The Hall–Kier alpha value is -1.10. The summed E-state index contributed by atoms with van der Waals surface area (Å²) in [5.74, 6) is -1.20. The van der Waals surface area contributed by atoms with Gasteiger partial charge in [0.05, 0.1) is 12.5 Å². The molecule has 16 heavy (non-hydrogen) atoms. The Morgan fingerprint density at radius 1 is 1.31 bits per heavy atom. The molecule has 5 heteroatoms. The van der Waals surface area contributed by atoms with E-state index in [4.69, 9.17) is 5.11 Å². The van der Waals surface area contributed by atoms with Crippen LogP contribution in [0, 0.1) is 5.92 Å². The number of carbonyl (C=O) groups excluding carboxylic acids is 1. The van der Waals surface area contributed by atoms with Crippen molar-refractivity contribution in [3.8, 4) is 0 Å². The van der Waals surface area contributed by atoms with Gasteiger partial charge in [-0.3, -0.25) is 9.59 Å². The molecule has 0 saturated carbocycles. The first kappa shape index (κ1) is 13.0. The van der Waals surface area contributed by atoms with Gasteiger partial charge in [0.15, 0.2) is 0 Å². The first-order valence-corrected chi connectivity index (χ1v) is 5.82. The van der Waals surface area contributed by atoms with Crippen molar-refractivity contribution in [3.63, 3.8) is 0 Å². The van der Waals surface area contributed by atoms with Crippen LogP contribution in [0.4, 0.5) is 0 Å². The van der Waals surface area contributed by atoms with Crippen LogP contribution in [0.1, 0.15) is 26.2 Å². The lowest BCUT2D eigenvalue weighted by Crippen LogP contribution is -2.42. The number of carbonyl (C=O) groups is 2. The summed E-state index contributed by atoms with van der Waals surface area (Å²) in [4.78, 5) is 24.1. The van der Waals surface area contributed by atoms with E-state index in [1.807, 2.05) is 4.90 Å². The van der Waals surface area contributed by atoms with E-state index < -0.39 is 11.9 Å². The Labute approximate surface area is 95.8 Å². The van der Waals surface area contributed by atoms with Crippen molar-refractivity contribution in [2.45, 2.75) is 26.2 Å². The van der Waals surface area contributed by atoms with Gasteiger partial charge in [-0.1, -0.05) is 6.92 Å². The molecule has 1 heterocycles. The summed E-state index contributed by atoms with van der Waals surface area (Å²) in [6, 6.07) is 0. The molecule has 1 amide bonds. The minimum Gasteiger partial charge on any atom is -0.481 e. The molecule has 5 nitrogen and oxygen atoms in total. The number of nitrogens with one attached hydrogen (secondary N) is 1. The van der Waals surface area contributed by atoms with Crippen LogP contribution in [0.25, 0.3) is 0 Å². The number of rotatable bonds is 5. The molecular weight excluding hydrogens is 208 g/mol. The lowest BCUT2D eigenvalue weighted by atomic mass is 10.1. The molecule has 1 saturated heterocycles. The first-order valence-electron chi connectivity index (χ1n) is 5.82. The highest BCUT2D eigenvalue weighted by Crippen LogP contribution is 2.08. The zero-order valence-electron chi connectivity index (χ0n) is 9.74. The quantitative estimate of drug-likeness (QED) is 0.710. The van der Waals surface area contributed by atoms with Crippen molar-refractivity contribution in [2.24, 2.45) is 5.92 Å². The topological polar surface area (TPSA) is 69.6 Å². The van der Waals surface area contributed by atoms with Gasteiger partial charge in [0.1, 0.15) is 0 Å². The third kappa shape index (κ3) is 4.18. The number of hydrogen-bond donors (Lipinski definition) is 2. The number of piperidine rings is 1. The summed E-state index contributed by atoms with van der Waals surface area (Å²) < 4.78 is 0. The third-order valence-electron chi connectivity index (χ3n) is 2.86. The molecule has 0 aromatic carbocycles. The minimum absolute atomic E-state index is 0.0808. The molecule has 1 unspecified atom stereocenters. The summed E-state index contributed by atoms with van der Waals surface area (Å²) in [6.07, 6.45) is 3.36. The summed E-state index contributed by atoms with van der Waals surface area (Å²) in [7, 11) is 0. The Kier molecular flexibility index (Phi) is 5.25. The van der Waals surface area contributed by atoms with E-state index in [-0.39, 0.29) is 12.5 Å². The standard InChI is InChI=1S/C11H20N2O3/c1-9(11(15)16)7-12-8-10(14)13-5-3-2-4-6-13/h9,12H,2-8H2,1H3,(H,15,16).